The average Bonchev–Trinajstić information content (AvgIpc) is 3.46. The lowest BCUT2D eigenvalue weighted by atomic mass is 9.70. The Balaban J connectivity index is 1.39. The van der Waals surface area contributed by atoms with Gasteiger partial charge in [0.25, 0.3) is 0 Å². The second kappa shape index (κ2) is 19.6. The highest BCUT2D eigenvalue weighted by Gasteiger charge is 2.52. The van der Waals surface area contributed by atoms with Gasteiger partial charge in [-0.25, -0.2) is 4.79 Å². The van der Waals surface area contributed by atoms with E-state index in [2.05, 4.69) is 75.4 Å². The summed E-state index contributed by atoms with van der Waals surface area (Å²) in [5.41, 5.74) is 6.01. The molecule has 6 rings (SSSR count). The number of benzene rings is 4. The number of esters is 1. The topological polar surface area (TPSA) is 82.1 Å². The number of carbonyl (C=O) groups is 2. The molecular formula is C53H60O6. The molecule has 0 aliphatic heterocycles. The lowest BCUT2D eigenvalue weighted by Crippen LogP contribution is -2.35. The number of fused-ring (bicyclic) bond motifs is 1. The van der Waals surface area contributed by atoms with Gasteiger partial charge < -0.3 is 19.3 Å². The highest BCUT2D eigenvalue weighted by molar-refractivity contribution is 6.02. The summed E-state index contributed by atoms with van der Waals surface area (Å²) >= 11 is 0. The maximum Gasteiger partial charge on any atom is 0.339 e. The zero-order valence-corrected chi connectivity index (χ0v) is 35.5. The van der Waals surface area contributed by atoms with E-state index < -0.39 is 29.2 Å². The van der Waals surface area contributed by atoms with Crippen LogP contribution in [0.3, 0.4) is 0 Å². The summed E-state index contributed by atoms with van der Waals surface area (Å²) < 4.78 is 19.2. The van der Waals surface area contributed by atoms with Crippen LogP contribution in [0.2, 0.25) is 0 Å². The lowest BCUT2D eigenvalue weighted by molar-refractivity contribution is -0.157. The van der Waals surface area contributed by atoms with Crippen molar-refractivity contribution >= 4 is 11.8 Å². The predicted molar refractivity (Wildman–Crippen MR) is 236 cm³/mol. The van der Waals surface area contributed by atoms with Crippen molar-refractivity contribution in [1.29, 1.82) is 0 Å². The van der Waals surface area contributed by atoms with E-state index in [4.69, 9.17) is 14.2 Å². The predicted octanol–water partition coefficient (Wildman–Crippen LogP) is 12.1. The quantitative estimate of drug-likeness (QED) is 0.0925. The van der Waals surface area contributed by atoms with Gasteiger partial charge in [0.2, 0.25) is 5.78 Å². The Labute approximate surface area is 351 Å². The number of aliphatic hydroxyl groups is 1. The molecule has 4 aromatic carbocycles. The number of hydrogen-bond donors (Lipinski definition) is 1. The molecule has 308 valence electrons. The van der Waals surface area contributed by atoms with Crippen molar-refractivity contribution < 1.29 is 28.9 Å². The third-order valence-electron chi connectivity index (χ3n) is 12.5. The van der Waals surface area contributed by atoms with Gasteiger partial charge in [0.15, 0.2) is 11.9 Å². The van der Waals surface area contributed by atoms with Gasteiger partial charge in [-0.15, -0.1) is 0 Å². The molecule has 0 fully saturated rings. The van der Waals surface area contributed by atoms with Crippen LogP contribution in [0, 0.1) is 17.3 Å². The molecule has 0 unspecified atom stereocenters. The Morgan fingerprint density at radius 3 is 1.85 bits per heavy atom. The highest BCUT2D eigenvalue weighted by Crippen LogP contribution is 2.51. The minimum atomic E-state index is -0.954. The zero-order chi connectivity index (χ0) is 42.0. The van der Waals surface area contributed by atoms with Gasteiger partial charge in [0, 0.05) is 17.3 Å². The monoisotopic (exact) mass is 792 g/mol. The molecule has 2 aliphatic carbocycles. The summed E-state index contributed by atoms with van der Waals surface area (Å²) in [6.45, 7) is 10.6. The molecule has 0 saturated carbocycles. The minimum Gasteiger partial charge on any atom is -0.504 e. The number of allylic oxidation sites excluding steroid dienone is 6. The first-order valence-electron chi connectivity index (χ1n) is 21.0. The first-order valence-corrected chi connectivity index (χ1v) is 21.0. The fraction of sp³-hybridized carbons (Fsp3) is 0.358. The van der Waals surface area contributed by atoms with E-state index in [0.29, 0.717) is 24.8 Å². The number of ether oxygens (including phenoxy) is 3. The fourth-order valence-corrected chi connectivity index (χ4v) is 8.88. The second-order valence-electron chi connectivity index (χ2n) is 16.6. The van der Waals surface area contributed by atoms with Gasteiger partial charge >= 0.3 is 5.97 Å². The molecule has 1 N–H and O–H groups in total. The molecule has 0 amide bonds. The Hall–Kier alpha value is -5.30. The number of ketones is 1. The summed E-state index contributed by atoms with van der Waals surface area (Å²) in [5, 5.41) is 12.0. The molecule has 0 spiro atoms. The number of methoxy groups -OCH3 is 1. The van der Waals surface area contributed by atoms with E-state index in [1.54, 1.807) is 0 Å². The molecule has 5 atom stereocenters. The Kier molecular flexibility index (Phi) is 14.4. The van der Waals surface area contributed by atoms with Crippen molar-refractivity contribution in [2.75, 3.05) is 13.7 Å². The van der Waals surface area contributed by atoms with Crippen molar-refractivity contribution in [2.45, 2.75) is 91.0 Å². The second-order valence-corrected chi connectivity index (χ2v) is 16.6. The van der Waals surface area contributed by atoms with Crippen molar-refractivity contribution in [3.8, 4) is 0 Å². The van der Waals surface area contributed by atoms with Crippen LogP contribution >= 0.6 is 0 Å². The van der Waals surface area contributed by atoms with Gasteiger partial charge in [-0.1, -0.05) is 165 Å². The number of rotatable bonds is 11. The van der Waals surface area contributed by atoms with Crippen LogP contribution in [0.15, 0.2) is 168 Å². The van der Waals surface area contributed by atoms with Gasteiger partial charge in [-0.2, -0.15) is 0 Å². The maximum atomic E-state index is 14.5. The van der Waals surface area contributed by atoms with Crippen molar-refractivity contribution in [3.05, 3.63) is 190 Å². The molecule has 0 radical (unpaired) electrons. The first-order chi connectivity index (χ1) is 28.5. The Bertz CT molecular complexity index is 2050. The van der Waals surface area contributed by atoms with Crippen LogP contribution in [0.25, 0.3) is 0 Å². The summed E-state index contributed by atoms with van der Waals surface area (Å²) in [7, 11) is 1.39. The maximum absolute atomic E-state index is 14.5. The molecule has 59 heavy (non-hydrogen) atoms. The van der Waals surface area contributed by atoms with Gasteiger partial charge in [-0.3, -0.25) is 4.79 Å². The average molecular weight is 793 g/mol. The van der Waals surface area contributed by atoms with Gasteiger partial charge in [0.1, 0.15) is 5.60 Å². The molecule has 0 aromatic heterocycles. The normalized spacial score (nSPS) is 24.5. The van der Waals surface area contributed by atoms with Crippen LogP contribution in [0.4, 0.5) is 0 Å². The van der Waals surface area contributed by atoms with Crippen molar-refractivity contribution in [2.24, 2.45) is 17.3 Å². The first kappa shape index (κ1) is 43.3. The summed E-state index contributed by atoms with van der Waals surface area (Å²) in [6, 6.07) is 40.2. The number of carbonyl (C=O) groups excluding carboxylic acids is 2. The molecule has 4 aromatic rings. The molecular weight excluding hydrogens is 733 g/mol. The third kappa shape index (κ3) is 9.61. The summed E-state index contributed by atoms with van der Waals surface area (Å²) in [6.07, 6.45) is 9.54. The smallest absolute Gasteiger partial charge is 0.339 e. The SMILES string of the molecule is COC(=O)[C@@H](O[C@H]1CC/C(C)=C/CC/C(C)=C/C[C@]2(C)C(=O)C(O)=C([C@H](C)COC(c3ccccc3)(c3ccccc3)c3ccccc3)[C@H]2C/C=C/1C)c1ccccc1. The van der Waals surface area contributed by atoms with Crippen LogP contribution in [0.1, 0.15) is 102 Å². The Morgan fingerprint density at radius 2 is 1.31 bits per heavy atom. The molecule has 2 aliphatic rings. The van der Waals surface area contributed by atoms with E-state index in [1.807, 2.05) is 98.8 Å². The molecule has 0 heterocycles. The molecule has 0 bridgehead atoms. The van der Waals surface area contributed by atoms with E-state index >= 15 is 0 Å². The fourth-order valence-electron chi connectivity index (χ4n) is 8.88. The summed E-state index contributed by atoms with van der Waals surface area (Å²) in [5.74, 6) is -1.48. The number of aliphatic hydroxyl groups excluding tert-OH is 1. The molecule has 0 saturated heterocycles. The van der Waals surface area contributed by atoms with Crippen LogP contribution in [-0.2, 0) is 29.4 Å². The van der Waals surface area contributed by atoms with E-state index in [-0.39, 0.29) is 30.0 Å². The highest BCUT2D eigenvalue weighted by atomic mass is 16.6. The number of hydrogen-bond acceptors (Lipinski definition) is 6. The third-order valence-corrected chi connectivity index (χ3v) is 12.5. The standard InChI is InChI=1S/C53H60O6/c1-37-20-19-21-38(2)34-35-52(5)45(32-31-39(3)46(33-30-37)59-49(51(56)57-6)41-22-11-7-12-23-41)47(48(54)50(52)55)40(4)36-58-53(42-24-13-8-14-25-42,43-26-15-9-16-27-43)44-28-17-10-18-29-44/h7-18,20,22-29,31,34,40,45-46,49,54H,19,21,30,32-33,35-36H2,1-6H3/b37-20+,38-34+,39-31+/t40-,45-,46+,49+,52+/m1/s1. The van der Waals surface area contributed by atoms with E-state index in [9.17, 15) is 14.7 Å². The largest absolute Gasteiger partial charge is 0.504 e. The minimum absolute atomic E-state index is 0.155. The zero-order valence-electron chi connectivity index (χ0n) is 35.5. The van der Waals surface area contributed by atoms with Crippen LogP contribution < -0.4 is 0 Å². The number of Topliss-reactive ketones (excluding diaryl/α,β-unsaturated/α-hetero) is 1. The Morgan fingerprint density at radius 1 is 0.780 bits per heavy atom. The van der Waals surface area contributed by atoms with Crippen LogP contribution in [0.5, 0.6) is 0 Å². The van der Waals surface area contributed by atoms with Crippen molar-refractivity contribution in [3.63, 3.8) is 0 Å². The molecule has 6 nitrogen and oxygen atoms in total. The van der Waals surface area contributed by atoms with Crippen molar-refractivity contribution in [1.82, 2.24) is 0 Å². The van der Waals surface area contributed by atoms with Crippen LogP contribution in [-0.4, -0.2) is 36.7 Å². The van der Waals surface area contributed by atoms with E-state index in [1.165, 1.54) is 18.3 Å². The lowest BCUT2D eigenvalue weighted by Gasteiger charge is -2.38. The van der Waals surface area contributed by atoms with Gasteiger partial charge in [0.05, 0.1) is 19.8 Å². The van der Waals surface area contributed by atoms with E-state index in [0.717, 1.165) is 47.1 Å². The summed E-state index contributed by atoms with van der Waals surface area (Å²) in [4.78, 5) is 27.7. The van der Waals surface area contributed by atoms with Gasteiger partial charge in [-0.05, 0) is 92.7 Å². The molecule has 6 heteroatoms.